The number of carbonyl (C=O) groups is 3. The minimum Gasteiger partial charge on any atom is -0.466 e. The second-order valence-corrected chi connectivity index (χ2v) is 10.2. The van der Waals surface area contributed by atoms with Crippen LogP contribution >= 0.6 is 0 Å². The molecule has 1 fully saturated rings. The Bertz CT molecular complexity index is 1390. The van der Waals surface area contributed by atoms with Gasteiger partial charge in [-0.25, -0.2) is 0 Å². The molecule has 3 aromatic carbocycles. The molecule has 2 amide bonds. The van der Waals surface area contributed by atoms with Gasteiger partial charge in [0.25, 0.3) is 0 Å². The van der Waals surface area contributed by atoms with E-state index in [4.69, 9.17) is 4.74 Å². The fourth-order valence-corrected chi connectivity index (χ4v) is 5.37. The van der Waals surface area contributed by atoms with Crippen molar-refractivity contribution in [3.63, 3.8) is 0 Å². The molecule has 1 aromatic heterocycles. The SMILES string of the molecule is O=C(C[C@@H]1NC(=O)[C@H](Cc2ccccc2)NC1=O)OCCCCCCCn1c2ccccc2c2ccccc21. The topological polar surface area (TPSA) is 89.4 Å². The number of hydrogen-bond acceptors (Lipinski definition) is 4. The molecule has 0 bridgehead atoms. The molecule has 2 N–H and O–H groups in total. The molecule has 202 valence electrons. The number of nitrogens with one attached hydrogen (secondary N) is 2. The van der Waals surface area contributed by atoms with Gasteiger partial charge in [-0.15, -0.1) is 0 Å². The van der Waals surface area contributed by atoms with Gasteiger partial charge in [0, 0.05) is 34.8 Å². The van der Waals surface area contributed by atoms with Crippen molar-refractivity contribution < 1.29 is 19.1 Å². The summed E-state index contributed by atoms with van der Waals surface area (Å²) in [5, 5.41) is 8.00. The molecule has 0 spiro atoms. The van der Waals surface area contributed by atoms with Crippen LogP contribution in [0.1, 0.15) is 44.1 Å². The summed E-state index contributed by atoms with van der Waals surface area (Å²) in [7, 11) is 0. The number of rotatable bonds is 12. The number of nitrogens with zero attached hydrogens (tertiary/aromatic N) is 1. The second-order valence-electron chi connectivity index (χ2n) is 10.2. The van der Waals surface area contributed by atoms with Gasteiger partial charge < -0.3 is 19.9 Å². The highest BCUT2D eigenvalue weighted by Crippen LogP contribution is 2.29. The summed E-state index contributed by atoms with van der Waals surface area (Å²) in [6, 6.07) is 25.1. The van der Waals surface area contributed by atoms with Crippen molar-refractivity contribution in [3.05, 3.63) is 84.4 Å². The first-order valence-electron chi connectivity index (χ1n) is 13.9. The standard InChI is InChI=1S/C32H35N3O4/c36-30(22-27-32(38)33-26(31(37)34-27)21-23-13-5-4-6-14-23)39-20-12-3-1-2-11-19-35-28-17-9-7-15-24(28)25-16-8-10-18-29(25)35/h4-10,13-18,26-27H,1-3,11-12,19-22H2,(H,33,38)(H,34,37)/t26-,27-/m0/s1. The number of fused-ring (bicyclic) bond motifs is 3. The van der Waals surface area contributed by atoms with E-state index in [1.165, 1.54) is 21.8 Å². The Labute approximate surface area is 228 Å². The van der Waals surface area contributed by atoms with E-state index >= 15 is 0 Å². The summed E-state index contributed by atoms with van der Waals surface area (Å²) in [5.74, 6) is -1.10. The fraction of sp³-hybridized carbons (Fsp3) is 0.344. The first kappa shape index (κ1) is 26.5. The highest BCUT2D eigenvalue weighted by molar-refractivity contribution is 6.08. The Morgan fingerprint density at radius 2 is 1.26 bits per heavy atom. The number of carbonyl (C=O) groups excluding carboxylic acids is 3. The lowest BCUT2D eigenvalue weighted by Crippen LogP contribution is -2.62. The normalized spacial score (nSPS) is 17.2. The Morgan fingerprint density at radius 1 is 0.692 bits per heavy atom. The van der Waals surface area contributed by atoms with E-state index < -0.39 is 18.1 Å². The molecule has 2 atom stereocenters. The number of ether oxygens (including phenoxy) is 1. The first-order valence-corrected chi connectivity index (χ1v) is 13.9. The van der Waals surface area contributed by atoms with Crippen molar-refractivity contribution in [1.29, 1.82) is 0 Å². The third-order valence-electron chi connectivity index (χ3n) is 7.39. The van der Waals surface area contributed by atoms with Crippen LogP contribution in [0.2, 0.25) is 0 Å². The molecule has 1 aliphatic heterocycles. The van der Waals surface area contributed by atoms with E-state index in [2.05, 4.69) is 63.7 Å². The number of piperazine rings is 1. The number of hydrogen-bond donors (Lipinski definition) is 2. The number of benzene rings is 3. The van der Waals surface area contributed by atoms with Crippen molar-refractivity contribution in [3.8, 4) is 0 Å². The molecule has 0 radical (unpaired) electrons. The van der Waals surface area contributed by atoms with Crippen LogP contribution in [-0.4, -0.2) is 41.0 Å². The largest absolute Gasteiger partial charge is 0.466 e. The number of para-hydroxylation sites is 2. The smallest absolute Gasteiger partial charge is 0.308 e. The average molecular weight is 526 g/mol. The lowest BCUT2D eigenvalue weighted by Gasteiger charge is -2.29. The molecule has 0 unspecified atom stereocenters. The number of aromatic nitrogens is 1. The number of amides is 2. The third kappa shape index (κ3) is 6.48. The molecule has 39 heavy (non-hydrogen) atoms. The van der Waals surface area contributed by atoms with Crippen LogP contribution in [0.3, 0.4) is 0 Å². The van der Waals surface area contributed by atoms with Gasteiger partial charge in [-0.2, -0.15) is 0 Å². The van der Waals surface area contributed by atoms with E-state index in [1.54, 1.807) is 0 Å². The molecular weight excluding hydrogens is 490 g/mol. The minimum absolute atomic E-state index is 0.158. The minimum atomic E-state index is -0.891. The zero-order chi connectivity index (χ0) is 27.0. The van der Waals surface area contributed by atoms with Crippen molar-refractivity contribution in [2.75, 3.05) is 6.61 Å². The van der Waals surface area contributed by atoms with Gasteiger partial charge >= 0.3 is 5.97 Å². The molecule has 0 saturated carbocycles. The van der Waals surface area contributed by atoms with Crippen molar-refractivity contribution in [2.45, 2.75) is 63.6 Å². The van der Waals surface area contributed by atoms with Crippen LogP contribution in [0, 0.1) is 0 Å². The number of esters is 1. The maximum Gasteiger partial charge on any atom is 0.308 e. The van der Waals surface area contributed by atoms with Crippen molar-refractivity contribution >= 4 is 39.6 Å². The van der Waals surface area contributed by atoms with E-state index in [0.29, 0.717) is 13.0 Å². The lowest BCUT2D eigenvalue weighted by molar-refractivity contribution is -0.147. The lowest BCUT2D eigenvalue weighted by atomic mass is 10.0. The maximum absolute atomic E-state index is 12.4. The van der Waals surface area contributed by atoms with E-state index in [0.717, 1.165) is 44.2 Å². The summed E-state index contributed by atoms with van der Waals surface area (Å²) in [4.78, 5) is 37.2. The predicted molar refractivity (Wildman–Crippen MR) is 152 cm³/mol. The highest BCUT2D eigenvalue weighted by atomic mass is 16.5. The summed E-state index contributed by atoms with van der Waals surface area (Å²) >= 11 is 0. The zero-order valence-corrected chi connectivity index (χ0v) is 22.1. The van der Waals surface area contributed by atoms with Crippen molar-refractivity contribution in [1.82, 2.24) is 15.2 Å². The summed E-state index contributed by atoms with van der Waals surface area (Å²) in [6.07, 6.45) is 5.27. The molecule has 4 aromatic rings. The monoisotopic (exact) mass is 525 g/mol. The molecule has 1 aliphatic rings. The summed E-state index contributed by atoms with van der Waals surface area (Å²) in [6.45, 7) is 1.30. The Balaban J connectivity index is 0.976. The fourth-order valence-electron chi connectivity index (χ4n) is 5.37. The van der Waals surface area contributed by atoms with Gasteiger partial charge in [-0.1, -0.05) is 86.0 Å². The Morgan fingerprint density at radius 3 is 1.97 bits per heavy atom. The third-order valence-corrected chi connectivity index (χ3v) is 7.39. The zero-order valence-electron chi connectivity index (χ0n) is 22.1. The second kappa shape index (κ2) is 12.6. The molecular formula is C32H35N3O4. The predicted octanol–water partition coefficient (Wildman–Crippen LogP) is 4.90. The van der Waals surface area contributed by atoms with Gasteiger partial charge in [0.2, 0.25) is 11.8 Å². The first-order chi connectivity index (χ1) is 19.1. The average Bonchev–Trinajstić information content (AvgIpc) is 3.27. The Hall–Kier alpha value is -4.13. The van der Waals surface area contributed by atoms with Crippen LogP contribution in [0.5, 0.6) is 0 Å². The highest BCUT2D eigenvalue weighted by Gasteiger charge is 2.35. The molecule has 0 aliphatic carbocycles. The summed E-state index contributed by atoms with van der Waals surface area (Å²) in [5.41, 5.74) is 3.52. The number of unbranched alkanes of at least 4 members (excludes halogenated alkanes) is 4. The van der Waals surface area contributed by atoms with Crippen LogP contribution in [0.15, 0.2) is 78.9 Å². The van der Waals surface area contributed by atoms with Gasteiger partial charge in [-0.05, 0) is 30.5 Å². The Kier molecular flexibility index (Phi) is 8.56. The van der Waals surface area contributed by atoms with Gasteiger partial charge in [0.05, 0.1) is 13.0 Å². The molecule has 7 heteroatoms. The molecule has 5 rings (SSSR count). The van der Waals surface area contributed by atoms with Crippen molar-refractivity contribution in [2.24, 2.45) is 0 Å². The number of aryl methyl sites for hydroxylation is 1. The van der Waals surface area contributed by atoms with Gasteiger partial charge in [-0.3, -0.25) is 14.4 Å². The van der Waals surface area contributed by atoms with Crippen LogP contribution in [-0.2, 0) is 32.1 Å². The van der Waals surface area contributed by atoms with Crippen LogP contribution < -0.4 is 10.6 Å². The van der Waals surface area contributed by atoms with E-state index in [1.807, 2.05) is 30.3 Å². The quantitative estimate of drug-likeness (QED) is 0.203. The van der Waals surface area contributed by atoms with E-state index in [-0.39, 0.29) is 18.2 Å². The molecule has 2 heterocycles. The van der Waals surface area contributed by atoms with Crippen LogP contribution in [0.25, 0.3) is 21.8 Å². The summed E-state index contributed by atoms with van der Waals surface area (Å²) < 4.78 is 7.75. The van der Waals surface area contributed by atoms with Gasteiger partial charge in [0.15, 0.2) is 0 Å². The molecule has 7 nitrogen and oxygen atoms in total. The van der Waals surface area contributed by atoms with E-state index in [9.17, 15) is 14.4 Å². The van der Waals surface area contributed by atoms with Crippen LogP contribution in [0.4, 0.5) is 0 Å². The van der Waals surface area contributed by atoms with Gasteiger partial charge in [0.1, 0.15) is 12.1 Å². The molecule has 1 saturated heterocycles. The maximum atomic E-state index is 12.4.